The number of aromatic nitrogens is 2. The second-order valence-corrected chi connectivity index (χ2v) is 6.41. The molecule has 134 valence electrons. The minimum absolute atomic E-state index is 0.132. The Balaban J connectivity index is 1.85. The summed E-state index contributed by atoms with van der Waals surface area (Å²) in [6, 6.07) is 11.3. The van der Waals surface area contributed by atoms with Gasteiger partial charge in [-0.1, -0.05) is 30.3 Å². The van der Waals surface area contributed by atoms with Crippen molar-refractivity contribution >= 4 is 5.91 Å². The highest BCUT2D eigenvalue weighted by Crippen LogP contribution is 2.40. The quantitative estimate of drug-likeness (QED) is 0.844. The third-order valence-electron chi connectivity index (χ3n) is 4.57. The van der Waals surface area contributed by atoms with Gasteiger partial charge in [-0.3, -0.25) is 14.2 Å². The summed E-state index contributed by atoms with van der Waals surface area (Å²) in [5.74, 6) is -0.0430. The van der Waals surface area contributed by atoms with Gasteiger partial charge in [0.15, 0.2) is 0 Å². The maximum absolute atomic E-state index is 12.5. The van der Waals surface area contributed by atoms with Gasteiger partial charge in [-0.25, -0.2) is 9.36 Å². The lowest BCUT2D eigenvalue weighted by atomic mass is 10.0. The average Bonchev–Trinajstić information content (AvgIpc) is 3.49. The second-order valence-electron chi connectivity index (χ2n) is 6.41. The lowest BCUT2D eigenvalue weighted by Crippen LogP contribution is -2.45. The molecule has 0 bridgehead atoms. The number of carbonyl (C=O) groups is 1. The lowest BCUT2D eigenvalue weighted by Gasteiger charge is -2.19. The van der Waals surface area contributed by atoms with E-state index in [9.17, 15) is 14.4 Å². The first kappa shape index (κ1) is 17.7. The van der Waals surface area contributed by atoms with E-state index in [2.05, 4.69) is 5.32 Å². The molecule has 2 aromatic rings. The first-order valence-electron chi connectivity index (χ1n) is 8.63. The van der Waals surface area contributed by atoms with Crippen LogP contribution in [0.1, 0.15) is 36.9 Å². The van der Waals surface area contributed by atoms with Gasteiger partial charge in [-0.15, -0.1) is 0 Å². The summed E-state index contributed by atoms with van der Waals surface area (Å²) in [4.78, 5) is 37.2. The molecule has 0 aliphatic heterocycles. The highest BCUT2D eigenvalue weighted by atomic mass is 16.2. The van der Waals surface area contributed by atoms with Gasteiger partial charge in [-0.2, -0.15) is 5.26 Å². The van der Waals surface area contributed by atoms with Crippen molar-refractivity contribution in [2.45, 2.75) is 38.9 Å². The molecule has 1 amide bonds. The van der Waals surface area contributed by atoms with E-state index >= 15 is 0 Å². The molecule has 0 radical (unpaired) electrons. The van der Waals surface area contributed by atoms with E-state index in [1.165, 1.54) is 10.8 Å². The fraction of sp³-hybridized carbons (Fsp3) is 0.368. The summed E-state index contributed by atoms with van der Waals surface area (Å²) in [5, 5.41) is 12.0. The summed E-state index contributed by atoms with van der Waals surface area (Å²) in [6.07, 6.45) is 3.30. The van der Waals surface area contributed by atoms with E-state index < -0.39 is 23.7 Å². The maximum Gasteiger partial charge on any atom is 0.331 e. The largest absolute Gasteiger partial charge is 0.347 e. The van der Waals surface area contributed by atoms with Gasteiger partial charge in [-0.05, 0) is 31.2 Å². The van der Waals surface area contributed by atoms with Crippen molar-refractivity contribution in [2.24, 2.45) is 5.92 Å². The molecule has 1 fully saturated rings. The third-order valence-corrected chi connectivity index (χ3v) is 4.57. The van der Waals surface area contributed by atoms with Crippen LogP contribution in [0.15, 0.2) is 46.1 Å². The molecule has 7 nitrogen and oxygen atoms in total. The number of rotatable bonds is 6. The van der Waals surface area contributed by atoms with Gasteiger partial charge in [0, 0.05) is 12.7 Å². The standard InChI is InChI=1S/C19H20N4O3/c1-2-22-11-15(10-20)18(25)23(19(22)26)12-16(24)21-17(14-8-9-14)13-6-4-3-5-7-13/h3-7,11,14,17H,2,8-9,12H2,1H3,(H,21,24). The van der Waals surface area contributed by atoms with Crippen molar-refractivity contribution in [3.63, 3.8) is 0 Å². The molecule has 26 heavy (non-hydrogen) atoms. The van der Waals surface area contributed by atoms with E-state index in [1.54, 1.807) is 13.0 Å². The van der Waals surface area contributed by atoms with Gasteiger partial charge in [0.25, 0.3) is 5.56 Å². The number of hydrogen-bond donors (Lipinski definition) is 1. The Morgan fingerprint density at radius 2 is 2.00 bits per heavy atom. The first-order valence-corrected chi connectivity index (χ1v) is 8.63. The molecule has 7 heteroatoms. The molecule has 3 rings (SSSR count). The Morgan fingerprint density at radius 1 is 1.31 bits per heavy atom. The summed E-state index contributed by atoms with van der Waals surface area (Å²) >= 11 is 0. The SMILES string of the molecule is CCn1cc(C#N)c(=O)n(CC(=O)NC(c2ccccc2)C2CC2)c1=O. The molecule has 1 aliphatic carbocycles. The van der Waals surface area contributed by atoms with Crippen molar-refractivity contribution < 1.29 is 4.79 Å². The average molecular weight is 352 g/mol. The minimum atomic E-state index is -0.736. The Morgan fingerprint density at radius 3 is 2.58 bits per heavy atom. The summed E-state index contributed by atoms with van der Waals surface area (Å²) < 4.78 is 2.08. The van der Waals surface area contributed by atoms with Crippen molar-refractivity contribution in [1.82, 2.24) is 14.5 Å². The molecule has 0 spiro atoms. The van der Waals surface area contributed by atoms with Crippen molar-refractivity contribution in [3.8, 4) is 6.07 Å². The summed E-state index contributed by atoms with van der Waals surface area (Å²) in [6.45, 7) is 1.64. The molecule has 1 heterocycles. The molecule has 1 N–H and O–H groups in total. The summed E-state index contributed by atoms with van der Waals surface area (Å²) in [5.41, 5.74) is -0.470. The Hall–Kier alpha value is -3.14. The first-order chi connectivity index (χ1) is 12.5. The highest BCUT2D eigenvalue weighted by molar-refractivity contribution is 5.76. The monoisotopic (exact) mass is 352 g/mol. The van der Waals surface area contributed by atoms with Crippen LogP contribution in [0.4, 0.5) is 0 Å². The third kappa shape index (κ3) is 3.59. The molecule has 0 saturated heterocycles. The number of nitrogens with one attached hydrogen (secondary N) is 1. The molecule has 1 aromatic carbocycles. The second kappa shape index (κ2) is 7.40. The fourth-order valence-corrected chi connectivity index (χ4v) is 3.02. The molecule has 1 unspecified atom stereocenters. The number of hydrogen-bond acceptors (Lipinski definition) is 4. The van der Waals surface area contributed by atoms with Crippen molar-refractivity contribution in [1.29, 1.82) is 5.26 Å². The minimum Gasteiger partial charge on any atom is -0.347 e. The predicted octanol–water partition coefficient (Wildman–Crippen LogP) is 1.17. The van der Waals surface area contributed by atoms with Crippen molar-refractivity contribution in [3.05, 3.63) is 68.5 Å². The Kier molecular flexibility index (Phi) is 5.03. The topological polar surface area (TPSA) is 96.9 Å². The molecular weight excluding hydrogens is 332 g/mol. The number of carbonyl (C=O) groups excluding carboxylic acids is 1. The number of amides is 1. The number of benzene rings is 1. The van der Waals surface area contributed by atoms with Crippen LogP contribution in [0, 0.1) is 17.2 Å². The zero-order valence-corrected chi connectivity index (χ0v) is 14.5. The maximum atomic E-state index is 12.5. The van der Waals surface area contributed by atoms with Crippen LogP contribution < -0.4 is 16.6 Å². The zero-order valence-electron chi connectivity index (χ0n) is 14.5. The van der Waals surface area contributed by atoms with Crippen LogP contribution in [0.2, 0.25) is 0 Å². The lowest BCUT2D eigenvalue weighted by molar-refractivity contribution is -0.122. The van der Waals surface area contributed by atoms with Gasteiger partial charge in [0.1, 0.15) is 18.2 Å². The fourth-order valence-electron chi connectivity index (χ4n) is 3.02. The van der Waals surface area contributed by atoms with E-state index in [1.807, 2.05) is 30.3 Å². The van der Waals surface area contributed by atoms with Crippen LogP contribution in [-0.4, -0.2) is 15.0 Å². The number of nitriles is 1. The Bertz CT molecular complexity index is 965. The van der Waals surface area contributed by atoms with Gasteiger partial charge in [0.05, 0.1) is 6.04 Å². The van der Waals surface area contributed by atoms with E-state index in [4.69, 9.17) is 5.26 Å². The molecular formula is C19H20N4O3. The molecule has 1 aliphatic rings. The zero-order chi connectivity index (χ0) is 18.7. The van der Waals surface area contributed by atoms with Crippen LogP contribution in [0.5, 0.6) is 0 Å². The number of nitrogens with zero attached hydrogens (tertiary/aromatic N) is 3. The van der Waals surface area contributed by atoms with Gasteiger partial charge in [0.2, 0.25) is 5.91 Å². The van der Waals surface area contributed by atoms with E-state index in [0.29, 0.717) is 12.5 Å². The highest BCUT2D eigenvalue weighted by Gasteiger charge is 2.33. The van der Waals surface area contributed by atoms with Crippen LogP contribution >= 0.6 is 0 Å². The molecule has 1 atom stereocenters. The van der Waals surface area contributed by atoms with Gasteiger partial charge >= 0.3 is 5.69 Å². The summed E-state index contributed by atoms with van der Waals surface area (Å²) in [7, 11) is 0. The van der Waals surface area contributed by atoms with E-state index in [-0.39, 0.29) is 11.6 Å². The smallest absolute Gasteiger partial charge is 0.331 e. The normalized spacial score (nSPS) is 14.5. The molecule has 1 saturated carbocycles. The number of aryl methyl sites for hydroxylation is 1. The van der Waals surface area contributed by atoms with Gasteiger partial charge < -0.3 is 5.32 Å². The van der Waals surface area contributed by atoms with Crippen LogP contribution in [0.25, 0.3) is 0 Å². The van der Waals surface area contributed by atoms with Crippen LogP contribution in [-0.2, 0) is 17.9 Å². The Labute approximate surface area is 150 Å². The molecule has 1 aromatic heterocycles. The predicted molar refractivity (Wildman–Crippen MR) is 95.4 cm³/mol. The van der Waals surface area contributed by atoms with Crippen molar-refractivity contribution in [2.75, 3.05) is 0 Å². The van der Waals surface area contributed by atoms with Crippen LogP contribution in [0.3, 0.4) is 0 Å². The van der Waals surface area contributed by atoms with E-state index in [0.717, 1.165) is 23.0 Å².